The molecule has 0 spiro atoms. The predicted molar refractivity (Wildman–Crippen MR) is 118 cm³/mol. The second kappa shape index (κ2) is 9.76. The molecule has 1 fully saturated rings. The predicted octanol–water partition coefficient (Wildman–Crippen LogP) is 3.83. The second-order valence-corrected chi connectivity index (χ2v) is 7.98. The first-order valence-electron chi connectivity index (χ1n) is 10.9. The van der Waals surface area contributed by atoms with Gasteiger partial charge in [0.15, 0.2) is 0 Å². The van der Waals surface area contributed by atoms with E-state index in [1.54, 1.807) is 0 Å². The summed E-state index contributed by atoms with van der Waals surface area (Å²) >= 11 is 0. The number of aryl methyl sites for hydroxylation is 1. The standard InChI is InChI=1S/C24H30N4O2/c1-19-7-5-16-28-17-21(26-23(19)28)18-30-22-10-8-20(9-11-22)24(29)25-12-6-15-27-13-3-2-4-14-27/h5,7-11,16-17H,2-4,6,12-15,18H2,1H3,(H,25,29). The van der Waals surface area contributed by atoms with E-state index in [1.165, 1.54) is 32.4 Å². The van der Waals surface area contributed by atoms with Gasteiger partial charge in [0.2, 0.25) is 0 Å². The summed E-state index contributed by atoms with van der Waals surface area (Å²) in [6, 6.07) is 11.3. The first-order valence-corrected chi connectivity index (χ1v) is 10.9. The Bertz CT molecular complexity index is 975. The summed E-state index contributed by atoms with van der Waals surface area (Å²) < 4.78 is 7.86. The number of piperidine rings is 1. The highest BCUT2D eigenvalue weighted by Crippen LogP contribution is 2.16. The van der Waals surface area contributed by atoms with Gasteiger partial charge in [0.25, 0.3) is 5.91 Å². The van der Waals surface area contributed by atoms with Crippen LogP contribution < -0.4 is 10.1 Å². The summed E-state index contributed by atoms with van der Waals surface area (Å²) in [5.41, 5.74) is 3.61. The van der Waals surface area contributed by atoms with Crippen LogP contribution in [0, 0.1) is 6.92 Å². The topological polar surface area (TPSA) is 58.9 Å². The van der Waals surface area contributed by atoms with Crippen molar-refractivity contribution >= 4 is 11.6 Å². The van der Waals surface area contributed by atoms with Gasteiger partial charge in [0, 0.05) is 24.5 Å². The van der Waals surface area contributed by atoms with Crippen molar-refractivity contribution in [2.45, 2.75) is 39.2 Å². The van der Waals surface area contributed by atoms with Gasteiger partial charge in [-0.25, -0.2) is 4.98 Å². The van der Waals surface area contributed by atoms with Crippen LogP contribution >= 0.6 is 0 Å². The summed E-state index contributed by atoms with van der Waals surface area (Å²) in [5, 5.41) is 3.02. The molecule has 0 aliphatic carbocycles. The van der Waals surface area contributed by atoms with E-state index in [0.717, 1.165) is 35.6 Å². The molecule has 158 valence electrons. The number of carbonyl (C=O) groups is 1. The molecule has 4 rings (SSSR count). The number of likely N-dealkylation sites (tertiary alicyclic amines) is 1. The van der Waals surface area contributed by atoms with Gasteiger partial charge in [-0.05, 0) is 81.7 Å². The molecular weight excluding hydrogens is 376 g/mol. The van der Waals surface area contributed by atoms with Crippen molar-refractivity contribution in [3.8, 4) is 5.75 Å². The van der Waals surface area contributed by atoms with E-state index in [1.807, 2.05) is 60.1 Å². The Morgan fingerprint density at radius 2 is 1.93 bits per heavy atom. The number of fused-ring (bicyclic) bond motifs is 1. The molecule has 6 heteroatoms. The van der Waals surface area contributed by atoms with Gasteiger partial charge in [-0.2, -0.15) is 0 Å². The van der Waals surface area contributed by atoms with Crippen molar-refractivity contribution in [2.75, 3.05) is 26.2 Å². The third kappa shape index (κ3) is 5.19. The van der Waals surface area contributed by atoms with E-state index >= 15 is 0 Å². The number of pyridine rings is 1. The average Bonchev–Trinajstić information content (AvgIpc) is 3.21. The highest BCUT2D eigenvalue weighted by molar-refractivity contribution is 5.94. The van der Waals surface area contributed by atoms with Crippen LogP contribution in [0.25, 0.3) is 5.65 Å². The van der Waals surface area contributed by atoms with Crippen LogP contribution in [0.2, 0.25) is 0 Å². The zero-order chi connectivity index (χ0) is 20.8. The van der Waals surface area contributed by atoms with Crippen molar-refractivity contribution < 1.29 is 9.53 Å². The lowest BCUT2D eigenvalue weighted by Crippen LogP contribution is -2.33. The largest absolute Gasteiger partial charge is 0.487 e. The highest BCUT2D eigenvalue weighted by atomic mass is 16.5. The minimum atomic E-state index is -0.0315. The van der Waals surface area contributed by atoms with Crippen molar-refractivity contribution in [3.05, 3.63) is 65.6 Å². The van der Waals surface area contributed by atoms with E-state index < -0.39 is 0 Å². The quantitative estimate of drug-likeness (QED) is 0.578. The molecule has 1 saturated heterocycles. The van der Waals surface area contributed by atoms with Crippen molar-refractivity contribution in [3.63, 3.8) is 0 Å². The third-order valence-corrected chi connectivity index (χ3v) is 5.62. The van der Waals surface area contributed by atoms with Crippen LogP contribution in [-0.4, -0.2) is 46.4 Å². The Hall–Kier alpha value is -2.86. The second-order valence-electron chi connectivity index (χ2n) is 7.98. The molecule has 0 radical (unpaired) electrons. The Morgan fingerprint density at radius 3 is 2.70 bits per heavy atom. The molecule has 0 unspecified atom stereocenters. The SMILES string of the molecule is Cc1cccn2cc(COc3ccc(C(=O)NCCCN4CCCCC4)cc3)nc12. The van der Waals surface area contributed by atoms with E-state index in [4.69, 9.17) is 4.74 Å². The molecule has 0 bridgehead atoms. The Labute approximate surface area is 177 Å². The Balaban J connectivity index is 1.22. The number of nitrogens with zero attached hydrogens (tertiary/aromatic N) is 3. The summed E-state index contributed by atoms with van der Waals surface area (Å²) in [6.07, 6.45) is 8.92. The molecule has 0 atom stereocenters. The van der Waals surface area contributed by atoms with Gasteiger partial charge in [-0.3, -0.25) is 4.79 Å². The van der Waals surface area contributed by atoms with Crippen LogP contribution in [0.3, 0.4) is 0 Å². The monoisotopic (exact) mass is 406 g/mol. The molecule has 3 heterocycles. The smallest absolute Gasteiger partial charge is 0.251 e. The number of amides is 1. The maximum Gasteiger partial charge on any atom is 0.251 e. The number of benzene rings is 1. The zero-order valence-corrected chi connectivity index (χ0v) is 17.6. The lowest BCUT2D eigenvalue weighted by molar-refractivity contribution is 0.0951. The van der Waals surface area contributed by atoms with E-state index in [2.05, 4.69) is 15.2 Å². The van der Waals surface area contributed by atoms with Crippen LogP contribution in [0.1, 0.15) is 47.3 Å². The minimum absolute atomic E-state index is 0.0315. The number of carbonyl (C=O) groups excluding carboxylic acids is 1. The summed E-state index contributed by atoms with van der Waals surface area (Å²) in [6.45, 7) is 6.61. The van der Waals surface area contributed by atoms with E-state index in [0.29, 0.717) is 18.7 Å². The van der Waals surface area contributed by atoms with Crippen molar-refractivity contribution in [1.29, 1.82) is 0 Å². The first kappa shape index (κ1) is 20.4. The molecule has 1 aliphatic heterocycles. The fourth-order valence-electron chi connectivity index (χ4n) is 3.92. The number of aromatic nitrogens is 2. The number of ether oxygens (including phenoxy) is 1. The average molecular weight is 407 g/mol. The van der Waals surface area contributed by atoms with Crippen LogP contribution in [-0.2, 0) is 6.61 Å². The van der Waals surface area contributed by atoms with E-state index in [-0.39, 0.29) is 5.91 Å². The Morgan fingerprint density at radius 1 is 1.13 bits per heavy atom. The molecular formula is C24H30N4O2. The van der Waals surface area contributed by atoms with Gasteiger partial charge >= 0.3 is 0 Å². The van der Waals surface area contributed by atoms with Gasteiger partial charge in [0.1, 0.15) is 18.0 Å². The Kier molecular flexibility index (Phi) is 6.64. The van der Waals surface area contributed by atoms with Crippen LogP contribution in [0.4, 0.5) is 0 Å². The van der Waals surface area contributed by atoms with Gasteiger partial charge in [-0.15, -0.1) is 0 Å². The summed E-state index contributed by atoms with van der Waals surface area (Å²) in [7, 11) is 0. The molecule has 0 saturated carbocycles. The molecule has 1 aliphatic rings. The maximum absolute atomic E-state index is 12.3. The number of imidazole rings is 1. The molecule has 1 N–H and O–H groups in total. The highest BCUT2D eigenvalue weighted by Gasteiger charge is 2.10. The molecule has 6 nitrogen and oxygen atoms in total. The van der Waals surface area contributed by atoms with Crippen LogP contribution in [0.5, 0.6) is 5.75 Å². The van der Waals surface area contributed by atoms with Gasteiger partial charge < -0.3 is 19.4 Å². The van der Waals surface area contributed by atoms with Gasteiger partial charge in [-0.1, -0.05) is 12.5 Å². The molecule has 3 aromatic rings. The van der Waals surface area contributed by atoms with Crippen LogP contribution in [0.15, 0.2) is 48.8 Å². The number of nitrogens with one attached hydrogen (secondary N) is 1. The van der Waals surface area contributed by atoms with E-state index in [9.17, 15) is 4.79 Å². The molecule has 1 amide bonds. The van der Waals surface area contributed by atoms with Crippen molar-refractivity contribution in [2.24, 2.45) is 0 Å². The van der Waals surface area contributed by atoms with Gasteiger partial charge in [0.05, 0.1) is 5.69 Å². The third-order valence-electron chi connectivity index (χ3n) is 5.62. The first-order chi connectivity index (χ1) is 14.7. The van der Waals surface area contributed by atoms with Crippen molar-refractivity contribution in [1.82, 2.24) is 19.6 Å². The summed E-state index contributed by atoms with van der Waals surface area (Å²) in [4.78, 5) is 19.5. The number of rotatable bonds is 8. The summed E-state index contributed by atoms with van der Waals surface area (Å²) in [5.74, 6) is 0.696. The molecule has 1 aromatic carbocycles. The molecule has 30 heavy (non-hydrogen) atoms. The lowest BCUT2D eigenvalue weighted by Gasteiger charge is -2.26. The molecule has 2 aromatic heterocycles. The normalized spacial score (nSPS) is 14.7. The zero-order valence-electron chi connectivity index (χ0n) is 17.6. The minimum Gasteiger partial charge on any atom is -0.487 e. The fraction of sp³-hybridized carbons (Fsp3) is 0.417. The number of hydrogen-bond acceptors (Lipinski definition) is 4. The maximum atomic E-state index is 12.3. The number of hydrogen-bond donors (Lipinski definition) is 1. The lowest BCUT2D eigenvalue weighted by atomic mass is 10.1. The fourth-order valence-corrected chi connectivity index (χ4v) is 3.92.